The summed E-state index contributed by atoms with van der Waals surface area (Å²) in [6.45, 7) is 13.6. The highest BCUT2D eigenvalue weighted by atomic mass is 16.4. The van der Waals surface area contributed by atoms with E-state index in [0.717, 1.165) is 50.0 Å². The van der Waals surface area contributed by atoms with E-state index in [1.165, 1.54) is 13.8 Å². The van der Waals surface area contributed by atoms with Gasteiger partial charge in [0, 0.05) is 59.9 Å². The normalized spacial score (nSPS) is 13.9. The lowest BCUT2D eigenvalue weighted by molar-refractivity contribution is -0.137. The third kappa shape index (κ3) is 7.98. The van der Waals surface area contributed by atoms with Gasteiger partial charge in [0.25, 0.3) is 0 Å². The number of fused-ring (bicyclic) bond motifs is 8. The maximum Gasteiger partial charge on any atom is 0.303 e. The summed E-state index contributed by atoms with van der Waals surface area (Å²) < 4.78 is 0. The van der Waals surface area contributed by atoms with E-state index in [-0.39, 0.29) is 37.2 Å². The fraction of sp³-hybridized carbons (Fsp3) is 0.368. The third-order valence-corrected chi connectivity index (χ3v) is 9.14. The Kier molecular flexibility index (Phi) is 11.4. The standard InChI is InChI=1S/C34H38N4O6.C4H6O2/c1-15-21(7-9-31(41)42)27-14-28-22(8-10-32(43)44)16(2)24(36-28)12-29-34(20(6)40)18(4)26(38-29)13-30-33(19(5)39)17(3)25(37-30)11-23(15)35-27;1-3(5)4(2)6/h11-14,19-20,37-40H,7-10H2,1-6H3,(H,41,42)(H,43,44);1-2H3. The van der Waals surface area contributed by atoms with E-state index in [0.29, 0.717) is 39.4 Å². The Bertz CT molecular complexity index is 2120. The van der Waals surface area contributed by atoms with Crippen molar-refractivity contribution in [3.8, 4) is 0 Å². The van der Waals surface area contributed by atoms with Crippen LogP contribution in [0.25, 0.3) is 44.4 Å². The van der Waals surface area contributed by atoms with Crippen LogP contribution in [0.2, 0.25) is 0 Å². The van der Waals surface area contributed by atoms with E-state index < -0.39 is 24.1 Å². The van der Waals surface area contributed by atoms with Crippen molar-refractivity contribution in [2.24, 2.45) is 0 Å². The van der Waals surface area contributed by atoms with Crippen LogP contribution < -0.4 is 0 Å². The molecule has 2 aliphatic heterocycles. The average molecular weight is 685 g/mol. The molecule has 3 aromatic rings. The summed E-state index contributed by atoms with van der Waals surface area (Å²) in [4.78, 5) is 59.4. The molecule has 5 heterocycles. The van der Waals surface area contributed by atoms with Crippen LogP contribution in [0.1, 0.15) is 124 Å². The van der Waals surface area contributed by atoms with Crippen molar-refractivity contribution in [1.29, 1.82) is 0 Å². The quantitative estimate of drug-likeness (QED) is 0.130. The molecule has 0 spiro atoms. The van der Waals surface area contributed by atoms with Gasteiger partial charge >= 0.3 is 11.9 Å². The van der Waals surface area contributed by atoms with Crippen molar-refractivity contribution in [3.63, 3.8) is 0 Å². The van der Waals surface area contributed by atoms with E-state index in [2.05, 4.69) is 9.97 Å². The number of allylic oxidation sites excluding steroid dienone is 4. The second kappa shape index (κ2) is 15.1. The summed E-state index contributed by atoms with van der Waals surface area (Å²) >= 11 is 0. The Labute approximate surface area is 289 Å². The third-order valence-electron chi connectivity index (χ3n) is 9.14. The highest BCUT2D eigenvalue weighted by Crippen LogP contribution is 2.38. The molecule has 12 nitrogen and oxygen atoms in total. The summed E-state index contributed by atoms with van der Waals surface area (Å²) in [5, 5.41) is 40.5. The number of carbonyl (C=O) groups excluding carboxylic acids is 2. The largest absolute Gasteiger partial charge is 0.481 e. The van der Waals surface area contributed by atoms with E-state index in [1.54, 1.807) is 13.8 Å². The topological polar surface area (TPSA) is 207 Å². The van der Waals surface area contributed by atoms with Gasteiger partial charge in [-0.25, -0.2) is 9.97 Å². The Morgan fingerprint density at radius 1 is 0.600 bits per heavy atom. The lowest BCUT2D eigenvalue weighted by Crippen LogP contribution is -2.01. The first kappa shape index (κ1) is 37.6. The molecular weight excluding hydrogens is 640 g/mol. The first-order valence-corrected chi connectivity index (χ1v) is 16.4. The molecule has 0 radical (unpaired) electrons. The molecule has 0 saturated heterocycles. The van der Waals surface area contributed by atoms with Crippen LogP contribution in [-0.4, -0.2) is 63.9 Å². The van der Waals surface area contributed by atoms with E-state index >= 15 is 0 Å². The molecule has 264 valence electrons. The van der Waals surface area contributed by atoms with Crippen LogP contribution in [0.15, 0.2) is 24.3 Å². The number of hydrogen-bond donors (Lipinski definition) is 6. The first-order chi connectivity index (χ1) is 23.4. The van der Waals surface area contributed by atoms with Crippen molar-refractivity contribution >= 4 is 67.9 Å². The van der Waals surface area contributed by atoms with Crippen molar-refractivity contribution in [1.82, 2.24) is 19.9 Å². The second-order valence-corrected chi connectivity index (χ2v) is 12.8. The number of rotatable bonds is 9. The number of carboxylic acids is 2. The summed E-state index contributed by atoms with van der Waals surface area (Å²) in [6, 6.07) is 7.51. The maximum absolute atomic E-state index is 11.6. The van der Waals surface area contributed by atoms with E-state index in [1.807, 2.05) is 52.0 Å². The summed E-state index contributed by atoms with van der Waals surface area (Å²) in [7, 11) is 0. The number of carboxylic acid groups (broad SMARTS) is 2. The SMILES string of the molecule is CC(=O)C(C)=O.CC1=C(CCC(=O)O)c2cc3nc(cc4[nH]c(cc5[nH]c(cc1n2)c(C)c5C(C)O)c(C)c4C(C)O)C(C)=C3CCC(=O)O. The van der Waals surface area contributed by atoms with Gasteiger partial charge < -0.3 is 30.4 Å². The molecule has 0 fully saturated rings. The van der Waals surface area contributed by atoms with Gasteiger partial charge in [-0.15, -0.1) is 0 Å². The number of carbonyl (C=O) groups is 4. The van der Waals surface area contributed by atoms with Gasteiger partial charge in [-0.2, -0.15) is 0 Å². The highest BCUT2D eigenvalue weighted by Gasteiger charge is 2.23. The Hall–Kier alpha value is -5.20. The van der Waals surface area contributed by atoms with E-state index in [4.69, 9.17) is 9.97 Å². The van der Waals surface area contributed by atoms with Crippen LogP contribution in [0.5, 0.6) is 0 Å². The number of ketones is 2. The molecule has 12 heteroatoms. The van der Waals surface area contributed by atoms with Crippen molar-refractivity contribution in [2.75, 3.05) is 0 Å². The Morgan fingerprint density at radius 2 is 0.960 bits per heavy atom. The van der Waals surface area contributed by atoms with Crippen LogP contribution in [0.3, 0.4) is 0 Å². The Morgan fingerprint density at radius 3 is 1.32 bits per heavy atom. The van der Waals surface area contributed by atoms with Crippen LogP contribution >= 0.6 is 0 Å². The minimum absolute atomic E-state index is 0.0750. The van der Waals surface area contributed by atoms with Gasteiger partial charge in [0.15, 0.2) is 11.6 Å². The smallest absolute Gasteiger partial charge is 0.303 e. The fourth-order valence-electron chi connectivity index (χ4n) is 6.32. The lowest BCUT2D eigenvalue weighted by atomic mass is 9.98. The zero-order chi connectivity index (χ0) is 37.2. The molecule has 0 saturated carbocycles. The molecule has 0 amide bonds. The minimum atomic E-state index is -0.921. The van der Waals surface area contributed by atoms with Gasteiger partial charge in [-0.3, -0.25) is 19.2 Å². The summed E-state index contributed by atoms with van der Waals surface area (Å²) in [6.07, 6.45) is -1.18. The molecule has 2 unspecified atom stereocenters. The molecule has 3 aromatic heterocycles. The molecule has 2 aliphatic rings. The van der Waals surface area contributed by atoms with Gasteiger partial charge in [-0.05, 0) is 112 Å². The van der Waals surface area contributed by atoms with E-state index in [9.17, 15) is 39.6 Å². The molecular formula is C38H44N4O8. The second-order valence-electron chi connectivity index (χ2n) is 12.8. The van der Waals surface area contributed by atoms with Crippen molar-refractivity contribution in [3.05, 3.63) is 69.3 Å². The number of aryl methyl sites for hydroxylation is 2. The molecule has 0 aromatic carbocycles. The summed E-state index contributed by atoms with van der Waals surface area (Å²) in [5.74, 6) is -2.60. The zero-order valence-corrected chi connectivity index (χ0v) is 29.6. The van der Waals surface area contributed by atoms with Gasteiger partial charge in [0.05, 0.1) is 35.0 Å². The first-order valence-electron chi connectivity index (χ1n) is 16.4. The molecule has 50 heavy (non-hydrogen) atoms. The van der Waals surface area contributed by atoms with Gasteiger partial charge in [0.1, 0.15) is 0 Å². The fourth-order valence-corrected chi connectivity index (χ4v) is 6.32. The number of hydrogen-bond acceptors (Lipinski definition) is 8. The molecule has 6 N–H and O–H groups in total. The number of aliphatic hydroxyl groups excluding tert-OH is 2. The lowest BCUT2D eigenvalue weighted by Gasteiger charge is -2.05. The summed E-state index contributed by atoms with van der Waals surface area (Å²) in [5.41, 5.74) is 11.7. The number of aliphatic hydroxyl groups is 2. The molecule has 0 aliphatic carbocycles. The number of aliphatic carboxylic acids is 2. The number of aromatic nitrogens is 4. The maximum atomic E-state index is 11.6. The minimum Gasteiger partial charge on any atom is -0.481 e. The highest BCUT2D eigenvalue weighted by molar-refractivity contribution is 6.35. The van der Waals surface area contributed by atoms with Crippen LogP contribution in [0.4, 0.5) is 0 Å². The number of Topliss-reactive ketones (excluding diaryl/α,β-unsaturated/α-hetero) is 2. The predicted molar refractivity (Wildman–Crippen MR) is 192 cm³/mol. The van der Waals surface area contributed by atoms with Crippen LogP contribution in [0, 0.1) is 13.8 Å². The molecule has 2 atom stereocenters. The predicted octanol–water partition coefficient (Wildman–Crippen LogP) is 6.79. The monoisotopic (exact) mass is 684 g/mol. The number of aromatic amines is 2. The molecule has 5 rings (SSSR count). The average Bonchev–Trinajstić information content (AvgIpc) is 3.68. The molecule has 8 bridgehead atoms. The van der Waals surface area contributed by atoms with Gasteiger partial charge in [-0.1, -0.05) is 0 Å². The number of nitrogens with one attached hydrogen (secondary N) is 2. The Balaban J connectivity index is 0.000000860. The van der Waals surface area contributed by atoms with Crippen molar-refractivity contribution < 1.29 is 39.6 Å². The number of nitrogens with zero attached hydrogens (tertiary/aromatic N) is 2. The van der Waals surface area contributed by atoms with Crippen molar-refractivity contribution in [2.45, 2.75) is 93.3 Å². The zero-order valence-electron chi connectivity index (χ0n) is 29.6. The van der Waals surface area contributed by atoms with Gasteiger partial charge in [0.2, 0.25) is 0 Å². The van der Waals surface area contributed by atoms with Crippen LogP contribution in [-0.2, 0) is 19.2 Å². The number of H-pyrrole nitrogens is 2.